The van der Waals surface area contributed by atoms with Gasteiger partial charge in [0.15, 0.2) is 11.5 Å². The summed E-state index contributed by atoms with van der Waals surface area (Å²) in [6.07, 6.45) is 0. The molecule has 1 aliphatic heterocycles. The summed E-state index contributed by atoms with van der Waals surface area (Å²) in [6.45, 7) is 1.79. The Bertz CT molecular complexity index is 611. The van der Waals surface area contributed by atoms with Gasteiger partial charge in [0.2, 0.25) is 0 Å². The quantitative estimate of drug-likeness (QED) is 0.612. The lowest BCUT2D eigenvalue weighted by Crippen LogP contribution is -2.31. The van der Waals surface area contributed by atoms with Gasteiger partial charge < -0.3 is 9.47 Å². The van der Waals surface area contributed by atoms with Crippen molar-refractivity contribution in [2.75, 3.05) is 0 Å². The Balaban J connectivity index is 1.93. The van der Waals surface area contributed by atoms with E-state index in [1.807, 2.05) is 24.3 Å². The van der Waals surface area contributed by atoms with Gasteiger partial charge in [-0.1, -0.05) is 12.1 Å². The number of nitro groups is 1. The molecule has 3 rings (SSSR count). The van der Waals surface area contributed by atoms with E-state index in [0.717, 1.165) is 5.56 Å². The van der Waals surface area contributed by atoms with Crippen LogP contribution in [0, 0.1) is 10.1 Å². The molecule has 0 unspecified atom stereocenters. The molecule has 0 N–H and O–H groups in total. The van der Waals surface area contributed by atoms with E-state index in [4.69, 9.17) is 9.47 Å². The van der Waals surface area contributed by atoms with Crippen molar-refractivity contribution in [3.05, 3.63) is 64.2 Å². The molecule has 1 heterocycles. The van der Waals surface area contributed by atoms with Gasteiger partial charge >= 0.3 is 0 Å². The SMILES string of the molecule is CC1(c2ccc([N+](=O)[O-])cc2)Oc2ccccc2O1. The van der Waals surface area contributed by atoms with Crippen LogP contribution in [0.4, 0.5) is 5.69 Å². The Labute approximate surface area is 109 Å². The molecule has 5 heteroatoms. The third-order valence-electron chi connectivity index (χ3n) is 3.06. The van der Waals surface area contributed by atoms with E-state index < -0.39 is 10.7 Å². The van der Waals surface area contributed by atoms with Crippen molar-refractivity contribution in [3.8, 4) is 11.5 Å². The third kappa shape index (κ3) is 1.89. The minimum atomic E-state index is -0.946. The number of hydrogen-bond donors (Lipinski definition) is 0. The summed E-state index contributed by atoms with van der Waals surface area (Å²) < 4.78 is 11.6. The van der Waals surface area contributed by atoms with Gasteiger partial charge in [-0.25, -0.2) is 0 Å². The Morgan fingerprint density at radius 3 is 2.00 bits per heavy atom. The summed E-state index contributed by atoms with van der Waals surface area (Å²) in [5.41, 5.74) is 0.775. The van der Waals surface area contributed by atoms with Crippen molar-refractivity contribution < 1.29 is 14.4 Å². The van der Waals surface area contributed by atoms with Crippen LogP contribution in [0.2, 0.25) is 0 Å². The summed E-state index contributed by atoms with van der Waals surface area (Å²) in [5.74, 6) is 0.394. The number of ether oxygens (including phenoxy) is 2. The molecular weight excluding hydrogens is 246 g/mol. The highest BCUT2D eigenvalue weighted by atomic mass is 16.7. The molecule has 0 radical (unpaired) electrons. The van der Waals surface area contributed by atoms with E-state index in [1.165, 1.54) is 12.1 Å². The summed E-state index contributed by atoms with van der Waals surface area (Å²) in [7, 11) is 0. The van der Waals surface area contributed by atoms with E-state index in [-0.39, 0.29) is 5.69 Å². The molecule has 2 aromatic rings. The normalized spacial score (nSPS) is 15.2. The average molecular weight is 257 g/mol. The predicted octanol–water partition coefficient (Wildman–Crippen LogP) is 3.24. The van der Waals surface area contributed by atoms with Gasteiger partial charge in [0.05, 0.1) is 4.92 Å². The minimum absolute atomic E-state index is 0.0443. The van der Waals surface area contributed by atoms with Crippen LogP contribution in [0.3, 0.4) is 0 Å². The fourth-order valence-corrected chi connectivity index (χ4v) is 2.06. The fraction of sp³-hybridized carbons (Fsp3) is 0.143. The maximum Gasteiger partial charge on any atom is 0.275 e. The number of fused-ring (bicyclic) bond motifs is 1. The topological polar surface area (TPSA) is 61.6 Å². The van der Waals surface area contributed by atoms with Crippen LogP contribution < -0.4 is 9.47 Å². The smallest absolute Gasteiger partial charge is 0.275 e. The zero-order chi connectivity index (χ0) is 13.5. The number of non-ortho nitro benzene ring substituents is 1. The fourth-order valence-electron chi connectivity index (χ4n) is 2.06. The molecule has 0 aromatic heterocycles. The highest BCUT2D eigenvalue weighted by Crippen LogP contribution is 2.43. The predicted molar refractivity (Wildman–Crippen MR) is 68.1 cm³/mol. The number of benzene rings is 2. The highest BCUT2D eigenvalue weighted by molar-refractivity contribution is 5.45. The van der Waals surface area contributed by atoms with Crippen molar-refractivity contribution in [1.29, 1.82) is 0 Å². The molecule has 0 spiro atoms. The van der Waals surface area contributed by atoms with E-state index in [1.54, 1.807) is 19.1 Å². The van der Waals surface area contributed by atoms with Crippen LogP contribution in [0.5, 0.6) is 11.5 Å². The number of nitro benzene ring substituents is 1. The molecule has 0 aliphatic carbocycles. The molecule has 2 aromatic carbocycles. The second kappa shape index (κ2) is 3.98. The Morgan fingerprint density at radius 2 is 1.53 bits per heavy atom. The Morgan fingerprint density at radius 1 is 1.00 bits per heavy atom. The molecule has 5 nitrogen and oxygen atoms in total. The van der Waals surface area contributed by atoms with Gasteiger partial charge in [-0.15, -0.1) is 0 Å². The number of para-hydroxylation sites is 2. The maximum absolute atomic E-state index is 10.6. The lowest BCUT2D eigenvalue weighted by atomic mass is 10.1. The number of nitrogens with zero attached hydrogens (tertiary/aromatic N) is 1. The summed E-state index contributed by atoms with van der Waals surface area (Å²) in [4.78, 5) is 10.2. The van der Waals surface area contributed by atoms with Crippen LogP contribution in [0.15, 0.2) is 48.5 Å². The number of rotatable bonds is 2. The van der Waals surface area contributed by atoms with E-state index in [9.17, 15) is 10.1 Å². The molecule has 96 valence electrons. The summed E-state index contributed by atoms with van der Waals surface area (Å²) in [5, 5.41) is 10.6. The molecular formula is C14H11NO4. The molecule has 19 heavy (non-hydrogen) atoms. The molecule has 0 atom stereocenters. The zero-order valence-electron chi connectivity index (χ0n) is 10.2. The molecule has 0 saturated heterocycles. The van der Waals surface area contributed by atoms with Crippen LogP contribution >= 0.6 is 0 Å². The van der Waals surface area contributed by atoms with Gasteiger partial charge in [-0.3, -0.25) is 10.1 Å². The third-order valence-corrected chi connectivity index (χ3v) is 3.06. The largest absolute Gasteiger partial charge is 0.445 e. The first-order valence-corrected chi connectivity index (χ1v) is 5.80. The highest BCUT2D eigenvalue weighted by Gasteiger charge is 2.38. The standard InChI is InChI=1S/C14H11NO4/c1-14(10-6-8-11(9-7-10)15(16)17)18-12-4-2-3-5-13(12)19-14/h2-9H,1H3. The lowest BCUT2D eigenvalue weighted by Gasteiger charge is -2.23. The van der Waals surface area contributed by atoms with Crippen molar-refractivity contribution in [1.82, 2.24) is 0 Å². The van der Waals surface area contributed by atoms with Gasteiger partial charge in [-0.05, 0) is 24.3 Å². The maximum atomic E-state index is 10.6. The van der Waals surface area contributed by atoms with Crippen LogP contribution in [-0.2, 0) is 5.79 Å². The second-order valence-electron chi connectivity index (χ2n) is 4.40. The summed E-state index contributed by atoms with van der Waals surface area (Å²) in [6, 6.07) is 13.5. The lowest BCUT2D eigenvalue weighted by molar-refractivity contribution is -0.384. The molecule has 0 saturated carbocycles. The van der Waals surface area contributed by atoms with Crippen molar-refractivity contribution in [3.63, 3.8) is 0 Å². The monoisotopic (exact) mass is 257 g/mol. The van der Waals surface area contributed by atoms with Crippen molar-refractivity contribution >= 4 is 5.69 Å². The van der Waals surface area contributed by atoms with Gasteiger partial charge in [-0.2, -0.15) is 0 Å². The second-order valence-corrected chi connectivity index (χ2v) is 4.40. The minimum Gasteiger partial charge on any atom is -0.445 e. The van der Waals surface area contributed by atoms with Crippen molar-refractivity contribution in [2.24, 2.45) is 0 Å². The first-order valence-electron chi connectivity index (χ1n) is 5.80. The van der Waals surface area contributed by atoms with E-state index in [0.29, 0.717) is 11.5 Å². The van der Waals surface area contributed by atoms with Gasteiger partial charge in [0.1, 0.15) is 0 Å². The van der Waals surface area contributed by atoms with E-state index in [2.05, 4.69) is 0 Å². The molecule has 1 aliphatic rings. The Hall–Kier alpha value is -2.56. The first-order chi connectivity index (χ1) is 9.08. The zero-order valence-corrected chi connectivity index (χ0v) is 10.2. The number of hydrogen-bond acceptors (Lipinski definition) is 4. The molecule has 0 amide bonds. The van der Waals surface area contributed by atoms with Gasteiger partial charge in [0, 0.05) is 24.6 Å². The van der Waals surface area contributed by atoms with E-state index >= 15 is 0 Å². The van der Waals surface area contributed by atoms with Gasteiger partial charge in [0.25, 0.3) is 11.5 Å². The van der Waals surface area contributed by atoms with Crippen LogP contribution in [0.1, 0.15) is 12.5 Å². The summed E-state index contributed by atoms with van der Waals surface area (Å²) >= 11 is 0. The van der Waals surface area contributed by atoms with Crippen LogP contribution in [0.25, 0.3) is 0 Å². The average Bonchev–Trinajstić information content (AvgIpc) is 2.76. The Kier molecular flexibility index (Phi) is 2.41. The van der Waals surface area contributed by atoms with Crippen molar-refractivity contribution in [2.45, 2.75) is 12.7 Å². The molecule has 0 fully saturated rings. The molecule has 0 bridgehead atoms. The first kappa shape index (κ1) is 11.5. The van der Waals surface area contributed by atoms with Crippen LogP contribution in [-0.4, -0.2) is 4.92 Å².